The molecule has 1 aliphatic heterocycles. The number of amides is 1. The molecule has 15 heteroatoms. The van der Waals surface area contributed by atoms with Crippen LogP contribution in [0.15, 0.2) is 6.33 Å². The van der Waals surface area contributed by atoms with E-state index in [-0.39, 0.29) is 23.7 Å². The lowest BCUT2D eigenvalue weighted by Gasteiger charge is -2.17. The van der Waals surface area contributed by atoms with E-state index in [0.717, 1.165) is 0 Å². The van der Waals surface area contributed by atoms with E-state index in [1.807, 2.05) is 0 Å². The van der Waals surface area contributed by atoms with Crippen molar-refractivity contribution in [1.29, 1.82) is 0 Å². The fourth-order valence-electron chi connectivity index (χ4n) is 3.12. The van der Waals surface area contributed by atoms with Crippen molar-refractivity contribution >= 4 is 41.2 Å². The van der Waals surface area contributed by atoms with Crippen LogP contribution in [0.4, 0.5) is 5.95 Å². The zero-order valence-corrected chi connectivity index (χ0v) is 17.9. The minimum absolute atomic E-state index is 0.0195. The summed E-state index contributed by atoms with van der Waals surface area (Å²) < 4.78 is 7.15. The first-order valence-electron chi connectivity index (χ1n) is 9.77. The van der Waals surface area contributed by atoms with Crippen LogP contribution in [0.25, 0.3) is 11.2 Å². The number of H-pyrrole nitrogens is 1. The molecule has 2 aromatic heterocycles. The number of aromatic nitrogens is 4. The van der Waals surface area contributed by atoms with Crippen LogP contribution in [0.5, 0.6) is 0 Å². The monoisotopic (exact) mass is 481 g/mol. The topological polar surface area (TPSA) is 221 Å². The van der Waals surface area contributed by atoms with Gasteiger partial charge in [0.1, 0.15) is 29.5 Å². The summed E-state index contributed by atoms with van der Waals surface area (Å²) in [5.74, 6) is 3.90. The summed E-state index contributed by atoms with van der Waals surface area (Å²) >= 11 is 5.25. The summed E-state index contributed by atoms with van der Waals surface area (Å²) in [6.45, 7) is -0.354. The smallest absolute Gasteiger partial charge is 0.305 e. The Balaban J connectivity index is 1.63. The molecule has 0 aromatic carbocycles. The average molecular weight is 481 g/mol. The van der Waals surface area contributed by atoms with Crippen molar-refractivity contribution in [2.24, 2.45) is 5.73 Å². The molecule has 9 N–H and O–H groups in total. The molecule has 3 heterocycles. The number of carbonyl (C=O) groups excluding carboxylic acids is 1. The van der Waals surface area contributed by atoms with Crippen LogP contribution in [0.2, 0.25) is 0 Å². The number of aliphatic carboxylic acids is 1. The van der Waals surface area contributed by atoms with Crippen LogP contribution < -0.4 is 16.4 Å². The summed E-state index contributed by atoms with van der Waals surface area (Å²) in [6.07, 6.45) is -3.61. The SMILES string of the molecule is NC(CC(=O)O)C(=O)NCC#CCNc1nc(=S)c2ncn([C@@H]3O[C@H](CO)[C@@H](O)[C@H]3O)c2[nH]1. The summed E-state index contributed by atoms with van der Waals surface area (Å²) in [7, 11) is 0. The lowest BCUT2D eigenvalue weighted by atomic mass is 10.1. The maximum absolute atomic E-state index is 11.6. The Hall–Kier alpha value is -3.13. The molecule has 5 atom stereocenters. The van der Waals surface area contributed by atoms with Crippen molar-refractivity contribution < 1.29 is 34.8 Å². The first-order valence-corrected chi connectivity index (χ1v) is 10.2. The molecule has 1 aliphatic rings. The van der Waals surface area contributed by atoms with Gasteiger partial charge in [-0.2, -0.15) is 0 Å². The van der Waals surface area contributed by atoms with Gasteiger partial charge in [-0.15, -0.1) is 0 Å². The van der Waals surface area contributed by atoms with Gasteiger partial charge in [-0.25, -0.2) is 9.97 Å². The van der Waals surface area contributed by atoms with Crippen LogP contribution in [0.1, 0.15) is 12.6 Å². The summed E-state index contributed by atoms with van der Waals surface area (Å²) in [6, 6.07) is -1.15. The third kappa shape index (κ3) is 5.63. The number of nitrogens with zero attached hydrogens (tertiary/aromatic N) is 3. The largest absolute Gasteiger partial charge is 0.481 e. The Morgan fingerprint density at radius 1 is 1.33 bits per heavy atom. The van der Waals surface area contributed by atoms with E-state index >= 15 is 0 Å². The molecule has 0 radical (unpaired) electrons. The van der Waals surface area contributed by atoms with E-state index in [0.29, 0.717) is 11.2 Å². The fraction of sp³-hybridized carbons (Fsp3) is 0.500. The highest BCUT2D eigenvalue weighted by molar-refractivity contribution is 7.71. The number of aromatic amines is 1. The van der Waals surface area contributed by atoms with Crippen LogP contribution in [-0.2, 0) is 14.3 Å². The number of carboxylic acids is 1. The summed E-state index contributed by atoms with van der Waals surface area (Å²) in [5, 5.41) is 43.5. The number of aliphatic hydroxyl groups is 3. The van der Waals surface area contributed by atoms with E-state index < -0.39 is 55.5 Å². The van der Waals surface area contributed by atoms with Gasteiger partial charge < -0.3 is 46.5 Å². The van der Waals surface area contributed by atoms with E-state index in [9.17, 15) is 24.9 Å². The van der Waals surface area contributed by atoms with Gasteiger partial charge in [0.15, 0.2) is 10.9 Å². The van der Waals surface area contributed by atoms with Gasteiger partial charge >= 0.3 is 5.97 Å². The Morgan fingerprint density at radius 3 is 2.73 bits per heavy atom. The number of anilines is 1. The predicted molar refractivity (Wildman–Crippen MR) is 115 cm³/mol. The number of nitrogens with two attached hydrogens (primary N) is 1. The van der Waals surface area contributed by atoms with Gasteiger partial charge in [0.05, 0.1) is 38.5 Å². The second-order valence-corrected chi connectivity index (χ2v) is 7.48. The standard InChI is InChI=1S/C18H23N7O7S/c19-8(5-10(27)28)15(31)20-3-1-2-4-21-18-23-14-11(16(33)24-18)22-7-25(14)17-13(30)12(29)9(6-26)32-17/h7-9,12-13,17,26,29-30H,3-6,19H2,(H,20,31)(H,27,28)(H2,21,23,24,33)/t8?,9-,12-,13-,17-/m1/s1. The Kier molecular flexibility index (Phi) is 7.92. The van der Waals surface area contributed by atoms with Gasteiger partial charge in [0.25, 0.3) is 0 Å². The lowest BCUT2D eigenvalue weighted by molar-refractivity contribution is -0.139. The molecular formula is C18H23N7O7S. The molecule has 0 saturated carbocycles. The molecule has 14 nitrogen and oxygen atoms in total. The quantitative estimate of drug-likeness (QED) is 0.144. The molecule has 2 aromatic rings. The maximum Gasteiger partial charge on any atom is 0.305 e. The van der Waals surface area contributed by atoms with Crippen molar-refractivity contribution in [2.75, 3.05) is 25.0 Å². The van der Waals surface area contributed by atoms with Crippen LogP contribution in [0, 0.1) is 16.5 Å². The first-order chi connectivity index (χ1) is 15.7. The summed E-state index contributed by atoms with van der Waals surface area (Å²) in [5.41, 5.74) is 6.16. The second kappa shape index (κ2) is 10.7. The third-order valence-electron chi connectivity index (χ3n) is 4.79. The molecule has 1 unspecified atom stereocenters. The molecule has 178 valence electrons. The van der Waals surface area contributed by atoms with Crippen LogP contribution in [0.3, 0.4) is 0 Å². The van der Waals surface area contributed by atoms with Gasteiger partial charge in [0, 0.05) is 0 Å². The molecule has 0 spiro atoms. The van der Waals surface area contributed by atoms with E-state index in [2.05, 4.69) is 37.4 Å². The van der Waals surface area contributed by atoms with Crippen molar-refractivity contribution in [3.05, 3.63) is 11.0 Å². The highest BCUT2D eigenvalue weighted by Crippen LogP contribution is 2.31. The number of fused-ring (bicyclic) bond motifs is 1. The van der Waals surface area contributed by atoms with Crippen molar-refractivity contribution in [2.45, 2.75) is 37.0 Å². The maximum atomic E-state index is 11.6. The Bertz CT molecular complexity index is 1140. The highest BCUT2D eigenvalue weighted by Gasteiger charge is 2.43. The fourth-order valence-corrected chi connectivity index (χ4v) is 3.36. The Labute approximate surface area is 191 Å². The van der Waals surface area contributed by atoms with Crippen molar-refractivity contribution in [3.8, 4) is 11.8 Å². The summed E-state index contributed by atoms with van der Waals surface area (Å²) in [4.78, 5) is 33.5. The molecule has 1 amide bonds. The molecule has 1 saturated heterocycles. The van der Waals surface area contributed by atoms with E-state index in [1.165, 1.54) is 10.9 Å². The number of ether oxygens (including phenoxy) is 1. The Morgan fingerprint density at radius 2 is 2.06 bits per heavy atom. The van der Waals surface area contributed by atoms with Crippen molar-refractivity contribution in [3.63, 3.8) is 0 Å². The zero-order chi connectivity index (χ0) is 24.1. The van der Waals surface area contributed by atoms with E-state index in [4.69, 9.17) is 27.8 Å². The molecule has 33 heavy (non-hydrogen) atoms. The first kappa shape index (κ1) is 24.5. The number of carboxylic acid groups (broad SMARTS) is 1. The normalized spacial score (nSPS) is 23.0. The molecule has 0 bridgehead atoms. The highest BCUT2D eigenvalue weighted by atomic mass is 32.1. The molecule has 3 rings (SSSR count). The van der Waals surface area contributed by atoms with Gasteiger partial charge in [0.2, 0.25) is 11.9 Å². The minimum Gasteiger partial charge on any atom is -0.481 e. The third-order valence-corrected chi connectivity index (χ3v) is 5.07. The van der Waals surface area contributed by atoms with Gasteiger partial charge in [-0.05, 0) is 0 Å². The number of hydrogen-bond donors (Lipinski definition) is 8. The molecule has 1 fully saturated rings. The average Bonchev–Trinajstić information content (AvgIpc) is 3.31. The zero-order valence-electron chi connectivity index (χ0n) is 17.1. The van der Waals surface area contributed by atoms with Gasteiger partial charge in [-0.1, -0.05) is 24.1 Å². The predicted octanol–water partition coefficient (Wildman–Crippen LogP) is -2.57. The number of carbonyl (C=O) groups is 2. The van der Waals surface area contributed by atoms with Crippen LogP contribution in [-0.4, -0.2) is 95.9 Å². The number of aliphatic hydroxyl groups excluding tert-OH is 3. The number of hydrogen-bond acceptors (Lipinski definition) is 11. The van der Waals surface area contributed by atoms with Crippen LogP contribution >= 0.6 is 12.2 Å². The number of imidazole rings is 1. The minimum atomic E-state index is -1.30. The number of nitrogens with one attached hydrogen (secondary N) is 3. The van der Waals surface area contributed by atoms with E-state index in [1.54, 1.807) is 0 Å². The second-order valence-electron chi connectivity index (χ2n) is 7.10. The lowest BCUT2D eigenvalue weighted by Crippen LogP contribution is -2.42. The number of rotatable bonds is 8. The molecular weight excluding hydrogens is 458 g/mol. The van der Waals surface area contributed by atoms with Gasteiger partial charge in [-0.3, -0.25) is 14.2 Å². The van der Waals surface area contributed by atoms with Crippen molar-refractivity contribution in [1.82, 2.24) is 24.8 Å². The molecule has 0 aliphatic carbocycles.